The molecular formula is C15H24ClN3O2. The summed E-state index contributed by atoms with van der Waals surface area (Å²) in [6, 6.07) is 7.63. The molecule has 1 heterocycles. The molecule has 21 heavy (non-hydrogen) atoms. The first-order valence-corrected chi connectivity index (χ1v) is 7.39. The number of para-hydroxylation sites is 1. The van der Waals surface area contributed by atoms with Gasteiger partial charge in [0, 0.05) is 24.2 Å². The van der Waals surface area contributed by atoms with Crippen LogP contribution in [0.15, 0.2) is 24.3 Å². The van der Waals surface area contributed by atoms with E-state index in [4.69, 9.17) is 0 Å². The Labute approximate surface area is 132 Å². The molecule has 5 nitrogen and oxygen atoms in total. The van der Waals surface area contributed by atoms with E-state index in [1.807, 2.05) is 12.1 Å². The van der Waals surface area contributed by atoms with Crippen LogP contribution in [-0.4, -0.2) is 35.5 Å². The van der Waals surface area contributed by atoms with Crippen LogP contribution < -0.4 is 5.32 Å². The van der Waals surface area contributed by atoms with Crippen molar-refractivity contribution >= 4 is 18.1 Å². The fourth-order valence-electron chi connectivity index (χ4n) is 2.89. The van der Waals surface area contributed by atoms with Gasteiger partial charge < -0.3 is 5.32 Å². The van der Waals surface area contributed by atoms with Gasteiger partial charge in [-0.3, -0.25) is 15.0 Å². The summed E-state index contributed by atoms with van der Waals surface area (Å²) in [6.45, 7) is 5.92. The first kappa shape index (κ1) is 17.9. The van der Waals surface area contributed by atoms with Gasteiger partial charge >= 0.3 is 0 Å². The topological polar surface area (TPSA) is 58.4 Å². The monoisotopic (exact) mass is 313 g/mol. The quantitative estimate of drug-likeness (QED) is 0.648. The lowest BCUT2D eigenvalue weighted by atomic mass is 10.0. The molecule has 1 aromatic rings. The number of nitrogens with one attached hydrogen (secondary N) is 1. The second kappa shape index (κ2) is 8.97. The van der Waals surface area contributed by atoms with Gasteiger partial charge in [-0.05, 0) is 38.9 Å². The van der Waals surface area contributed by atoms with Gasteiger partial charge in [0.2, 0.25) is 0 Å². The number of piperidine rings is 1. The zero-order valence-corrected chi connectivity index (χ0v) is 13.3. The largest absolute Gasteiger partial charge is 0.317 e. The molecule has 1 aromatic carbocycles. The third kappa shape index (κ3) is 4.95. The van der Waals surface area contributed by atoms with Crippen LogP contribution in [0.3, 0.4) is 0 Å². The number of hydrogen-bond acceptors (Lipinski definition) is 4. The Balaban J connectivity index is 0.00000220. The number of nitrogens with zero attached hydrogens (tertiary/aromatic N) is 2. The molecule has 0 unspecified atom stereocenters. The van der Waals surface area contributed by atoms with Crippen LogP contribution in [0.2, 0.25) is 0 Å². The van der Waals surface area contributed by atoms with E-state index < -0.39 is 0 Å². The molecule has 1 saturated heterocycles. The van der Waals surface area contributed by atoms with Gasteiger partial charge in [0.05, 0.1) is 4.92 Å². The van der Waals surface area contributed by atoms with Crippen molar-refractivity contribution < 1.29 is 4.92 Å². The molecular weight excluding hydrogens is 290 g/mol. The maximum Gasteiger partial charge on any atom is 0.273 e. The van der Waals surface area contributed by atoms with Gasteiger partial charge in [-0.2, -0.15) is 0 Å². The summed E-state index contributed by atoms with van der Waals surface area (Å²) in [4.78, 5) is 13.2. The van der Waals surface area contributed by atoms with E-state index in [-0.39, 0.29) is 23.0 Å². The Hall–Kier alpha value is -1.17. The Kier molecular flexibility index (Phi) is 7.64. The lowest BCUT2D eigenvalue weighted by Gasteiger charge is -2.34. The average molecular weight is 314 g/mol. The van der Waals surface area contributed by atoms with Crippen LogP contribution in [-0.2, 0) is 6.54 Å². The highest BCUT2D eigenvalue weighted by molar-refractivity contribution is 5.85. The smallest absolute Gasteiger partial charge is 0.273 e. The Bertz CT molecular complexity index is 450. The van der Waals surface area contributed by atoms with Crippen LogP contribution in [0.25, 0.3) is 0 Å². The Morgan fingerprint density at radius 3 is 2.62 bits per heavy atom. The summed E-state index contributed by atoms with van der Waals surface area (Å²) >= 11 is 0. The van der Waals surface area contributed by atoms with Crippen LogP contribution in [0, 0.1) is 10.1 Å². The van der Waals surface area contributed by atoms with Gasteiger partial charge in [-0.1, -0.05) is 25.1 Å². The van der Waals surface area contributed by atoms with Gasteiger partial charge in [0.1, 0.15) is 0 Å². The van der Waals surface area contributed by atoms with E-state index in [0.29, 0.717) is 12.6 Å². The molecule has 1 N–H and O–H groups in total. The first-order valence-electron chi connectivity index (χ1n) is 7.39. The number of nitro groups is 1. The highest BCUT2D eigenvalue weighted by Gasteiger charge is 2.23. The zero-order valence-electron chi connectivity index (χ0n) is 12.5. The summed E-state index contributed by atoms with van der Waals surface area (Å²) in [5.41, 5.74) is 1.06. The Morgan fingerprint density at radius 1 is 1.33 bits per heavy atom. The minimum absolute atomic E-state index is 0. The van der Waals surface area contributed by atoms with Crippen molar-refractivity contribution in [1.82, 2.24) is 10.2 Å². The van der Waals surface area contributed by atoms with Crippen LogP contribution in [0.5, 0.6) is 0 Å². The number of halogens is 1. The third-order valence-corrected chi connectivity index (χ3v) is 3.90. The van der Waals surface area contributed by atoms with Gasteiger partial charge in [-0.15, -0.1) is 12.4 Å². The molecule has 0 aliphatic carbocycles. The predicted octanol–water partition coefficient (Wildman–Crippen LogP) is 2.98. The molecule has 0 spiro atoms. The van der Waals surface area contributed by atoms with E-state index in [1.54, 1.807) is 12.1 Å². The highest BCUT2D eigenvalue weighted by atomic mass is 35.5. The summed E-state index contributed by atoms with van der Waals surface area (Å²) in [7, 11) is 0. The lowest BCUT2D eigenvalue weighted by molar-refractivity contribution is -0.385. The van der Waals surface area contributed by atoms with Gasteiger partial charge in [0.25, 0.3) is 5.69 Å². The minimum Gasteiger partial charge on any atom is -0.317 e. The van der Waals surface area contributed by atoms with E-state index in [1.165, 1.54) is 0 Å². The highest BCUT2D eigenvalue weighted by Crippen LogP contribution is 2.22. The SMILES string of the molecule is CCCN(Cc1ccccc1[N+](=O)[O-])C1CCNCC1.Cl. The number of rotatable bonds is 6. The summed E-state index contributed by atoms with van der Waals surface area (Å²) in [5.74, 6) is 0. The minimum atomic E-state index is -0.276. The molecule has 0 bridgehead atoms. The molecule has 0 amide bonds. The summed E-state index contributed by atoms with van der Waals surface area (Å²) < 4.78 is 0. The normalized spacial score (nSPS) is 15.7. The standard InChI is InChI=1S/C15H23N3O2.ClH/c1-2-11-17(14-7-9-16-10-8-14)12-13-5-3-4-6-15(13)18(19)20;/h3-6,14,16H,2,7-12H2,1H3;1H. The van der Waals surface area contributed by atoms with Crippen molar-refractivity contribution in [3.63, 3.8) is 0 Å². The van der Waals surface area contributed by atoms with Crippen molar-refractivity contribution in [3.8, 4) is 0 Å². The molecule has 0 atom stereocenters. The van der Waals surface area contributed by atoms with E-state index in [0.717, 1.165) is 44.5 Å². The van der Waals surface area contributed by atoms with Crippen molar-refractivity contribution in [2.75, 3.05) is 19.6 Å². The van der Waals surface area contributed by atoms with Crippen molar-refractivity contribution in [1.29, 1.82) is 0 Å². The lowest BCUT2D eigenvalue weighted by Crippen LogP contribution is -2.43. The zero-order chi connectivity index (χ0) is 14.4. The van der Waals surface area contributed by atoms with E-state index in [9.17, 15) is 10.1 Å². The van der Waals surface area contributed by atoms with Crippen LogP contribution in [0.4, 0.5) is 5.69 Å². The molecule has 1 aliphatic rings. The predicted molar refractivity (Wildman–Crippen MR) is 86.9 cm³/mol. The molecule has 0 radical (unpaired) electrons. The van der Waals surface area contributed by atoms with Crippen LogP contribution in [0.1, 0.15) is 31.7 Å². The van der Waals surface area contributed by atoms with E-state index >= 15 is 0 Å². The van der Waals surface area contributed by atoms with Crippen molar-refractivity contribution in [2.45, 2.75) is 38.8 Å². The van der Waals surface area contributed by atoms with Crippen molar-refractivity contribution in [2.24, 2.45) is 0 Å². The summed E-state index contributed by atoms with van der Waals surface area (Å²) in [6.07, 6.45) is 3.33. The average Bonchev–Trinajstić information content (AvgIpc) is 2.48. The maximum absolute atomic E-state index is 11.1. The molecule has 1 aliphatic heterocycles. The fraction of sp³-hybridized carbons (Fsp3) is 0.600. The van der Waals surface area contributed by atoms with E-state index in [2.05, 4.69) is 17.1 Å². The maximum atomic E-state index is 11.1. The number of hydrogen-bond donors (Lipinski definition) is 1. The number of benzene rings is 1. The second-order valence-electron chi connectivity index (χ2n) is 5.34. The number of nitro benzene ring substituents is 1. The fourth-order valence-corrected chi connectivity index (χ4v) is 2.89. The van der Waals surface area contributed by atoms with Gasteiger partial charge in [0.15, 0.2) is 0 Å². The third-order valence-electron chi connectivity index (χ3n) is 3.90. The first-order chi connectivity index (χ1) is 9.72. The van der Waals surface area contributed by atoms with Crippen LogP contribution >= 0.6 is 12.4 Å². The molecule has 0 saturated carbocycles. The molecule has 1 fully saturated rings. The molecule has 118 valence electrons. The van der Waals surface area contributed by atoms with Gasteiger partial charge in [-0.25, -0.2) is 0 Å². The second-order valence-corrected chi connectivity index (χ2v) is 5.34. The molecule has 6 heteroatoms. The Morgan fingerprint density at radius 2 is 2.00 bits per heavy atom. The van der Waals surface area contributed by atoms with Crippen molar-refractivity contribution in [3.05, 3.63) is 39.9 Å². The molecule has 0 aromatic heterocycles. The molecule has 2 rings (SSSR count). The summed E-state index contributed by atoms with van der Waals surface area (Å²) in [5, 5.41) is 14.5.